The zero-order valence-electron chi connectivity index (χ0n) is 11.7. The second-order valence-electron chi connectivity index (χ2n) is 5.11. The number of aromatic nitrogens is 1. The van der Waals surface area contributed by atoms with E-state index in [1.165, 1.54) is 12.8 Å². The molecule has 20 heavy (non-hydrogen) atoms. The van der Waals surface area contributed by atoms with Crippen LogP contribution in [0, 0.1) is 0 Å². The number of piperidine rings is 1. The summed E-state index contributed by atoms with van der Waals surface area (Å²) in [7, 11) is 0. The third-order valence-electron chi connectivity index (χ3n) is 3.78. The molecule has 0 bridgehead atoms. The van der Waals surface area contributed by atoms with Crippen LogP contribution in [-0.4, -0.2) is 28.6 Å². The number of hydrogen-bond donors (Lipinski definition) is 2. The van der Waals surface area contributed by atoms with Gasteiger partial charge in [0.05, 0.1) is 5.02 Å². The number of oxime groups is 1. The molecule has 1 saturated heterocycles. The largest absolute Gasteiger partial charge is 0.409 e. The van der Waals surface area contributed by atoms with Gasteiger partial charge in [-0.2, -0.15) is 0 Å². The Bertz CT molecular complexity index is 490. The minimum Gasteiger partial charge on any atom is -0.409 e. The molecule has 0 radical (unpaired) electrons. The topological polar surface area (TPSA) is 74.7 Å². The van der Waals surface area contributed by atoms with Crippen molar-refractivity contribution < 1.29 is 5.21 Å². The average molecular weight is 297 g/mol. The molecule has 0 saturated carbocycles. The van der Waals surface area contributed by atoms with Crippen LogP contribution in [0.1, 0.15) is 44.6 Å². The van der Waals surface area contributed by atoms with E-state index < -0.39 is 0 Å². The predicted molar refractivity (Wildman–Crippen MR) is 81.7 cm³/mol. The van der Waals surface area contributed by atoms with Crippen molar-refractivity contribution in [3.63, 3.8) is 0 Å². The van der Waals surface area contributed by atoms with Gasteiger partial charge < -0.3 is 15.8 Å². The van der Waals surface area contributed by atoms with Crippen LogP contribution in [0.4, 0.5) is 5.82 Å². The fourth-order valence-electron chi connectivity index (χ4n) is 2.80. The van der Waals surface area contributed by atoms with E-state index in [0.29, 0.717) is 16.6 Å². The minimum atomic E-state index is 0.0164. The van der Waals surface area contributed by atoms with Crippen molar-refractivity contribution in [3.05, 3.63) is 22.8 Å². The molecule has 0 aliphatic carbocycles. The monoisotopic (exact) mass is 296 g/mol. The third-order valence-corrected chi connectivity index (χ3v) is 4.15. The van der Waals surface area contributed by atoms with Gasteiger partial charge in [0, 0.05) is 24.3 Å². The van der Waals surface area contributed by atoms with E-state index in [4.69, 9.17) is 22.5 Å². The molecule has 1 fully saturated rings. The third kappa shape index (κ3) is 2.98. The molecule has 6 heteroatoms. The molecule has 110 valence electrons. The number of nitrogens with two attached hydrogens (primary N) is 1. The smallest absolute Gasteiger partial charge is 0.171 e. The van der Waals surface area contributed by atoms with Gasteiger partial charge in [-0.3, -0.25) is 0 Å². The summed E-state index contributed by atoms with van der Waals surface area (Å²) >= 11 is 6.41. The van der Waals surface area contributed by atoms with Crippen LogP contribution in [0.3, 0.4) is 0 Å². The van der Waals surface area contributed by atoms with Gasteiger partial charge in [0.15, 0.2) is 5.84 Å². The standard InChI is InChI=1S/C14H21ClN4O/c1-2-5-10-6-3-4-9-19(10)14-12(15)11(7-8-17-14)13(16)18-20/h7-8,10,20H,2-6,9H2,1H3,(H2,16,18). The van der Waals surface area contributed by atoms with E-state index in [2.05, 4.69) is 22.0 Å². The highest BCUT2D eigenvalue weighted by Gasteiger charge is 2.25. The SMILES string of the molecule is CCCC1CCCCN1c1nccc(/C(N)=N/O)c1Cl. The van der Waals surface area contributed by atoms with Gasteiger partial charge in [-0.15, -0.1) is 0 Å². The summed E-state index contributed by atoms with van der Waals surface area (Å²) < 4.78 is 0. The Morgan fingerprint density at radius 3 is 3.10 bits per heavy atom. The van der Waals surface area contributed by atoms with E-state index in [1.54, 1.807) is 12.3 Å². The number of anilines is 1. The van der Waals surface area contributed by atoms with Crippen LogP contribution in [0.5, 0.6) is 0 Å². The molecular formula is C14H21ClN4O. The molecule has 0 amide bonds. The Morgan fingerprint density at radius 1 is 1.60 bits per heavy atom. The van der Waals surface area contributed by atoms with E-state index in [0.717, 1.165) is 31.6 Å². The first kappa shape index (κ1) is 14.9. The number of nitrogens with zero attached hydrogens (tertiary/aromatic N) is 3. The second kappa shape index (κ2) is 6.79. The van der Waals surface area contributed by atoms with Crippen LogP contribution in [0.25, 0.3) is 0 Å². The van der Waals surface area contributed by atoms with Gasteiger partial charge in [-0.25, -0.2) is 4.98 Å². The maximum atomic E-state index is 8.82. The van der Waals surface area contributed by atoms with E-state index >= 15 is 0 Å². The van der Waals surface area contributed by atoms with Crippen molar-refractivity contribution in [1.29, 1.82) is 0 Å². The fraction of sp³-hybridized carbons (Fsp3) is 0.571. The molecule has 1 atom stereocenters. The van der Waals surface area contributed by atoms with Gasteiger partial charge in [0.1, 0.15) is 5.82 Å². The Hall–Kier alpha value is -1.49. The lowest BCUT2D eigenvalue weighted by molar-refractivity contribution is 0.318. The van der Waals surface area contributed by atoms with Crippen LogP contribution in [-0.2, 0) is 0 Å². The van der Waals surface area contributed by atoms with Gasteiger partial charge in [0.25, 0.3) is 0 Å². The fourth-order valence-corrected chi connectivity index (χ4v) is 3.11. The molecule has 5 nitrogen and oxygen atoms in total. The van der Waals surface area contributed by atoms with Crippen molar-refractivity contribution in [2.24, 2.45) is 10.9 Å². The number of halogens is 1. The van der Waals surface area contributed by atoms with Crippen LogP contribution in [0.2, 0.25) is 5.02 Å². The summed E-state index contributed by atoms with van der Waals surface area (Å²) in [6, 6.07) is 2.14. The molecule has 1 aliphatic rings. The Labute approximate surface area is 124 Å². The van der Waals surface area contributed by atoms with Crippen LogP contribution >= 0.6 is 11.6 Å². The summed E-state index contributed by atoms with van der Waals surface area (Å²) in [4.78, 5) is 6.68. The highest BCUT2D eigenvalue weighted by Crippen LogP contribution is 2.32. The molecule has 3 N–H and O–H groups in total. The van der Waals surface area contributed by atoms with Crippen LogP contribution in [0.15, 0.2) is 17.4 Å². The quantitative estimate of drug-likeness (QED) is 0.388. The van der Waals surface area contributed by atoms with Crippen molar-refractivity contribution in [2.75, 3.05) is 11.4 Å². The van der Waals surface area contributed by atoms with Gasteiger partial charge in [-0.05, 0) is 31.7 Å². The summed E-state index contributed by atoms with van der Waals surface area (Å²) in [5.41, 5.74) is 6.18. The first-order valence-corrected chi connectivity index (χ1v) is 7.45. The Kier molecular flexibility index (Phi) is 5.06. The van der Waals surface area contributed by atoms with Crippen LogP contribution < -0.4 is 10.6 Å². The molecule has 1 aromatic heterocycles. The van der Waals surface area contributed by atoms with E-state index in [1.807, 2.05) is 0 Å². The van der Waals surface area contributed by atoms with Gasteiger partial charge in [-0.1, -0.05) is 30.1 Å². The number of rotatable bonds is 4. The number of amidine groups is 1. The summed E-state index contributed by atoms with van der Waals surface area (Å²) in [6.07, 6.45) is 7.49. The first-order valence-electron chi connectivity index (χ1n) is 7.08. The molecule has 0 aromatic carbocycles. The zero-order valence-corrected chi connectivity index (χ0v) is 12.5. The summed E-state index contributed by atoms with van der Waals surface area (Å²) in [6.45, 7) is 3.14. The maximum absolute atomic E-state index is 8.82. The lowest BCUT2D eigenvalue weighted by atomic mass is 9.98. The van der Waals surface area contributed by atoms with Crippen molar-refractivity contribution >= 4 is 23.3 Å². The van der Waals surface area contributed by atoms with Crippen molar-refractivity contribution in [1.82, 2.24) is 4.98 Å². The maximum Gasteiger partial charge on any atom is 0.171 e. The molecule has 1 aliphatic heterocycles. The molecule has 2 heterocycles. The molecular weight excluding hydrogens is 276 g/mol. The zero-order chi connectivity index (χ0) is 14.5. The Balaban J connectivity index is 2.35. The summed E-state index contributed by atoms with van der Waals surface area (Å²) in [5, 5.41) is 12.3. The second-order valence-corrected chi connectivity index (χ2v) is 5.49. The normalized spacial score (nSPS) is 20.2. The highest BCUT2D eigenvalue weighted by atomic mass is 35.5. The van der Waals surface area contributed by atoms with Gasteiger partial charge >= 0.3 is 0 Å². The predicted octanol–water partition coefficient (Wildman–Crippen LogP) is 2.99. The average Bonchev–Trinajstić information content (AvgIpc) is 2.48. The minimum absolute atomic E-state index is 0.0164. The lowest BCUT2D eigenvalue weighted by Crippen LogP contribution is -2.40. The first-order chi connectivity index (χ1) is 9.69. The van der Waals surface area contributed by atoms with E-state index in [9.17, 15) is 0 Å². The number of pyridine rings is 1. The van der Waals surface area contributed by atoms with Gasteiger partial charge in [0.2, 0.25) is 0 Å². The molecule has 1 aromatic rings. The molecule has 1 unspecified atom stereocenters. The highest BCUT2D eigenvalue weighted by molar-refractivity contribution is 6.36. The Morgan fingerprint density at radius 2 is 2.40 bits per heavy atom. The number of hydrogen-bond acceptors (Lipinski definition) is 4. The van der Waals surface area contributed by atoms with E-state index in [-0.39, 0.29) is 5.84 Å². The lowest BCUT2D eigenvalue weighted by Gasteiger charge is -2.37. The molecule has 2 rings (SSSR count). The summed E-state index contributed by atoms with van der Waals surface area (Å²) in [5.74, 6) is 0.761. The van der Waals surface area contributed by atoms with Crippen molar-refractivity contribution in [3.8, 4) is 0 Å². The molecule has 0 spiro atoms. The van der Waals surface area contributed by atoms with Crippen molar-refractivity contribution in [2.45, 2.75) is 45.1 Å².